The van der Waals surface area contributed by atoms with Gasteiger partial charge in [0.05, 0.1) is 0 Å². The van der Waals surface area contributed by atoms with Gasteiger partial charge in [0, 0.05) is 0 Å². The normalized spacial score (nSPS) is 9.00. The molecule has 0 heterocycles. The first-order chi connectivity index (χ1) is 1.73. The van der Waals surface area contributed by atoms with Crippen molar-refractivity contribution in [3.8, 4) is 0 Å². The van der Waals surface area contributed by atoms with E-state index in [0.29, 0.717) is 0 Å². The van der Waals surface area contributed by atoms with Crippen LogP contribution in [-0.4, -0.2) is 9.79 Å². The molecule has 0 atom stereocenters. The van der Waals surface area contributed by atoms with Crippen molar-refractivity contribution in [2.24, 2.45) is 0 Å². The van der Waals surface area contributed by atoms with Crippen LogP contribution in [0.5, 0.6) is 0 Å². The van der Waals surface area contributed by atoms with Gasteiger partial charge in [0.25, 0.3) is 0 Å². The maximum Gasteiger partial charge on any atom is 0.369 e. The van der Waals surface area contributed by atoms with Crippen molar-refractivity contribution in [1.29, 1.82) is 0 Å². The SMILES string of the molecule is OP(O)F. The Labute approximate surface area is 23.9 Å². The molecule has 0 aliphatic carbocycles. The van der Waals surface area contributed by atoms with Gasteiger partial charge in [0.15, 0.2) is 0 Å². The second kappa shape index (κ2) is 1.58. The first kappa shape index (κ1) is 4.28. The quantitative estimate of drug-likeness (QED) is 0.410. The molecule has 0 saturated carbocycles. The zero-order chi connectivity index (χ0) is 3.58. The lowest BCUT2D eigenvalue weighted by atomic mass is 15.9. The van der Waals surface area contributed by atoms with Gasteiger partial charge in [-0.1, -0.05) is 0 Å². The second-order valence-corrected chi connectivity index (χ2v) is 0.722. The average molecular weight is 84.0 g/mol. The molecule has 0 aliphatic heterocycles. The number of hydrogen-bond donors (Lipinski definition) is 2. The van der Waals surface area contributed by atoms with E-state index in [0.717, 1.165) is 0 Å². The lowest BCUT2D eigenvalue weighted by molar-refractivity contribution is 0.428. The highest BCUT2D eigenvalue weighted by Gasteiger charge is 1.81. The number of rotatable bonds is 0. The molecule has 26 valence electrons. The molecule has 0 aromatic rings. The minimum atomic E-state index is -3.12. The van der Waals surface area contributed by atoms with Crippen molar-refractivity contribution in [2.45, 2.75) is 0 Å². The fourth-order valence-electron chi connectivity index (χ4n) is 0. The molecule has 0 spiro atoms. The minimum absolute atomic E-state index is 3.12. The third-order valence-electron chi connectivity index (χ3n) is 0. The summed E-state index contributed by atoms with van der Waals surface area (Å²) in [7, 11) is -3.12. The summed E-state index contributed by atoms with van der Waals surface area (Å²) >= 11 is 0. The van der Waals surface area contributed by atoms with Crippen LogP contribution in [0.25, 0.3) is 0 Å². The highest BCUT2D eigenvalue weighted by atomic mass is 31.2. The summed E-state index contributed by atoms with van der Waals surface area (Å²) in [6.45, 7) is 0. The van der Waals surface area contributed by atoms with Gasteiger partial charge < -0.3 is 9.79 Å². The van der Waals surface area contributed by atoms with Crippen LogP contribution >= 0.6 is 8.69 Å². The predicted octanol–water partition coefficient (Wildman–Crippen LogP) is 0.167. The van der Waals surface area contributed by atoms with E-state index in [1.54, 1.807) is 0 Å². The molecule has 0 bridgehead atoms. The predicted molar refractivity (Wildman–Crippen MR) is 12.5 cm³/mol. The van der Waals surface area contributed by atoms with E-state index in [1.807, 2.05) is 0 Å². The van der Waals surface area contributed by atoms with E-state index < -0.39 is 8.69 Å². The standard InChI is InChI=1S/FH2O2P/c1-4(2)3/h2-3H. The third-order valence-corrected chi connectivity index (χ3v) is 0. The average Bonchev–Trinajstić information content (AvgIpc) is 0.811. The first-order valence-electron chi connectivity index (χ1n) is 0.569. The Morgan fingerprint density at radius 2 is 1.50 bits per heavy atom. The summed E-state index contributed by atoms with van der Waals surface area (Å²) in [6.07, 6.45) is 0. The third kappa shape index (κ3) is 47.6. The molecule has 0 aromatic heterocycles. The molecule has 4 heteroatoms. The van der Waals surface area contributed by atoms with E-state index in [4.69, 9.17) is 9.79 Å². The Bertz CT molecular complexity index is 10.8. The Kier molecular flexibility index (Phi) is 1.70. The molecule has 0 radical (unpaired) electrons. The van der Waals surface area contributed by atoms with E-state index in [-0.39, 0.29) is 0 Å². The molecule has 0 amide bonds. The topological polar surface area (TPSA) is 40.5 Å². The second-order valence-electron chi connectivity index (χ2n) is 0.241. The maximum atomic E-state index is 10.2. The lowest BCUT2D eigenvalue weighted by Gasteiger charge is -1.71. The summed E-state index contributed by atoms with van der Waals surface area (Å²) in [6, 6.07) is 0. The zero-order valence-corrected chi connectivity index (χ0v) is 2.61. The van der Waals surface area contributed by atoms with E-state index in [1.165, 1.54) is 0 Å². The minimum Gasteiger partial charge on any atom is -0.325 e. The van der Waals surface area contributed by atoms with Gasteiger partial charge in [-0.3, -0.25) is 0 Å². The van der Waals surface area contributed by atoms with E-state index in [9.17, 15) is 4.20 Å². The van der Waals surface area contributed by atoms with Crippen molar-refractivity contribution in [3.63, 3.8) is 0 Å². The monoisotopic (exact) mass is 84.0 g/mol. The van der Waals surface area contributed by atoms with Gasteiger partial charge in [-0.15, -0.1) is 0 Å². The van der Waals surface area contributed by atoms with Crippen molar-refractivity contribution in [1.82, 2.24) is 0 Å². The van der Waals surface area contributed by atoms with Gasteiger partial charge in [-0.2, -0.15) is 4.20 Å². The molecule has 2 nitrogen and oxygen atoms in total. The summed E-state index contributed by atoms with van der Waals surface area (Å²) in [5, 5.41) is 0. The molecule has 0 aliphatic rings. The summed E-state index contributed by atoms with van der Waals surface area (Å²) < 4.78 is 10.2. The molecular weight excluding hydrogens is 82.0 g/mol. The van der Waals surface area contributed by atoms with Gasteiger partial charge >= 0.3 is 8.69 Å². The van der Waals surface area contributed by atoms with Crippen LogP contribution in [0.15, 0.2) is 0 Å². The van der Waals surface area contributed by atoms with Gasteiger partial charge in [0.1, 0.15) is 0 Å². The molecule has 0 unspecified atom stereocenters. The number of halogens is 1. The van der Waals surface area contributed by atoms with Crippen LogP contribution in [0.2, 0.25) is 0 Å². The largest absolute Gasteiger partial charge is 0.369 e. The zero-order valence-electron chi connectivity index (χ0n) is 1.72. The lowest BCUT2D eigenvalue weighted by Crippen LogP contribution is -1.43. The number of hydrogen-bond acceptors (Lipinski definition) is 2. The first-order valence-corrected chi connectivity index (χ1v) is 1.71. The fraction of sp³-hybridized carbons (Fsp3) is 0. The fourth-order valence-corrected chi connectivity index (χ4v) is 0. The Hall–Kier alpha value is 0.280. The van der Waals surface area contributed by atoms with E-state index >= 15 is 0 Å². The molecule has 4 heavy (non-hydrogen) atoms. The van der Waals surface area contributed by atoms with Crippen LogP contribution in [0, 0.1) is 0 Å². The van der Waals surface area contributed by atoms with Gasteiger partial charge in [0.2, 0.25) is 0 Å². The molecule has 0 aromatic carbocycles. The summed E-state index contributed by atoms with van der Waals surface area (Å²) in [5.74, 6) is 0. The van der Waals surface area contributed by atoms with Crippen LogP contribution in [-0.2, 0) is 0 Å². The highest BCUT2D eigenvalue weighted by Crippen LogP contribution is 2.22. The van der Waals surface area contributed by atoms with E-state index in [2.05, 4.69) is 0 Å². The molecule has 0 saturated heterocycles. The van der Waals surface area contributed by atoms with Gasteiger partial charge in [-0.05, 0) is 0 Å². The summed E-state index contributed by atoms with van der Waals surface area (Å²) in [5.41, 5.74) is 0. The van der Waals surface area contributed by atoms with Crippen molar-refractivity contribution >= 4 is 8.69 Å². The van der Waals surface area contributed by atoms with Crippen LogP contribution in [0.1, 0.15) is 0 Å². The van der Waals surface area contributed by atoms with Crippen LogP contribution in [0.4, 0.5) is 4.20 Å². The molecular formula is H2FO2P. The van der Waals surface area contributed by atoms with Crippen LogP contribution in [0.3, 0.4) is 0 Å². The Morgan fingerprint density at radius 3 is 1.50 bits per heavy atom. The Morgan fingerprint density at radius 1 is 1.50 bits per heavy atom. The van der Waals surface area contributed by atoms with Crippen LogP contribution < -0.4 is 0 Å². The van der Waals surface area contributed by atoms with Crippen molar-refractivity contribution in [2.75, 3.05) is 0 Å². The Balaban J connectivity index is 2.32. The smallest absolute Gasteiger partial charge is 0.325 e. The summed E-state index contributed by atoms with van der Waals surface area (Å²) in [4.78, 5) is 14.0. The maximum absolute atomic E-state index is 10.2. The molecule has 0 rings (SSSR count). The van der Waals surface area contributed by atoms with Crippen molar-refractivity contribution in [3.05, 3.63) is 0 Å². The molecule has 2 N–H and O–H groups in total. The van der Waals surface area contributed by atoms with Crippen molar-refractivity contribution < 1.29 is 14.0 Å². The highest BCUT2D eigenvalue weighted by molar-refractivity contribution is 7.38. The molecule has 0 fully saturated rings. The van der Waals surface area contributed by atoms with Gasteiger partial charge in [-0.25, -0.2) is 0 Å².